The Balaban J connectivity index is 1.57. The fraction of sp³-hybridized carbons (Fsp3) is 0.438. The summed E-state index contributed by atoms with van der Waals surface area (Å²) >= 11 is 6.04. The van der Waals surface area contributed by atoms with Gasteiger partial charge in [0.15, 0.2) is 5.69 Å². The lowest BCUT2D eigenvalue weighted by Crippen LogP contribution is -2.30. The number of carbonyl (C=O) groups is 1. The zero-order valence-electron chi connectivity index (χ0n) is 13.2. The van der Waals surface area contributed by atoms with Crippen molar-refractivity contribution >= 4 is 17.5 Å². The molecule has 0 unspecified atom stereocenters. The Morgan fingerprint density at radius 2 is 2.17 bits per heavy atom. The van der Waals surface area contributed by atoms with E-state index in [0.717, 1.165) is 25.9 Å². The third kappa shape index (κ3) is 3.92. The first-order valence-electron chi connectivity index (χ1n) is 7.98. The van der Waals surface area contributed by atoms with E-state index in [-0.39, 0.29) is 24.2 Å². The first-order chi connectivity index (χ1) is 11.6. The molecular weight excluding hydrogens is 330 g/mol. The standard InChI is InChI=1S/C16H20ClN5O2/c17-13-4-2-1-3-12(13)15(23)9-19-16(24)14-10-22(21-20-14)11-5-7-18-8-6-11/h1-4,10-11,15,18,23H,5-9H2,(H,19,24)/t15-/m0/s1. The highest BCUT2D eigenvalue weighted by Crippen LogP contribution is 2.22. The maximum absolute atomic E-state index is 12.2. The van der Waals surface area contributed by atoms with Crippen LogP contribution < -0.4 is 10.6 Å². The molecule has 128 valence electrons. The minimum atomic E-state index is -0.873. The molecule has 8 heteroatoms. The Bertz CT molecular complexity index is 699. The molecule has 0 saturated carbocycles. The van der Waals surface area contributed by atoms with E-state index in [0.29, 0.717) is 10.6 Å². The summed E-state index contributed by atoms with van der Waals surface area (Å²) in [5.41, 5.74) is 0.831. The van der Waals surface area contributed by atoms with Gasteiger partial charge >= 0.3 is 0 Å². The molecule has 2 aromatic rings. The third-order valence-electron chi connectivity index (χ3n) is 4.15. The molecule has 3 rings (SSSR count). The molecule has 1 atom stereocenters. The van der Waals surface area contributed by atoms with Gasteiger partial charge in [-0.2, -0.15) is 0 Å². The molecule has 0 aliphatic carbocycles. The molecule has 1 fully saturated rings. The Kier molecular flexibility index (Phi) is 5.44. The van der Waals surface area contributed by atoms with Crippen molar-refractivity contribution in [2.45, 2.75) is 25.0 Å². The van der Waals surface area contributed by atoms with Crippen molar-refractivity contribution in [3.05, 3.63) is 46.7 Å². The maximum Gasteiger partial charge on any atom is 0.273 e. The van der Waals surface area contributed by atoms with Crippen LogP contribution in [0, 0.1) is 0 Å². The Hall–Kier alpha value is -1.96. The lowest BCUT2D eigenvalue weighted by atomic mass is 10.1. The van der Waals surface area contributed by atoms with Crippen LogP contribution in [0.2, 0.25) is 5.02 Å². The number of amides is 1. The lowest BCUT2D eigenvalue weighted by Gasteiger charge is -2.22. The second-order valence-corrected chi connectivity index (χ2v) is 6.22. The van der Waals surface area contributed by atoms with E-state index in [9.17, 15) is 9.90 Å². The normalized spacial score (nSPS) is 16.8. The summed E-state index contributed by atoms with van der Waals surface area (Å²) in [5.74, 6) is -0.360. The maximum atomic E-state index is 12.2. The number of carbonyl (C=O) groups excluding carboxylic acids is 1. The van der Waals surface area contributed by atoms with Gasteiger partial charge < -0.3 is 15.7 Å². The van der Waals surface area contributed by atoms with Gasteiger partial charge in [-0.15, -0.1) is 5.10 Å². The fourth-order valence-corrected chi connectivity index (χ4v) is 3.03. The highest BCUT2D eigenvalue weighted by Gasteiger charge is 2.19. The number of aromatic nitrogens is 3. The average Bonchev–Trinajstić information content (AvgIpc) is 3.11. The Morgan fingerprint density at radius 1 is 1.42 bits per heavy atom. The van der Waals surface area contributed by atoms with Crippen molar-refractivity contribution in [2.75, 3.05) is 19.6 Å². The zero-order chi connectivity index (χ0) is 16.9. The van der Waals surface area contributed by atoms with Crippen molar-refractivity contribution in [3.8, 4) is 0 Å². The molecule has 1 aliphatic heterocycles. The molecule has 1 aromatic carbocycles. The zero-order valence-corrected chi connectivity index (χ0v) is 13.9. The summed E-state index contributed by atoms with van der Waals surface area (Å²) in [6.45, 7) is 1.94. The number of hydrogen-bond acceptors (Lipinski definition) is 5. The number of aliphatic hydroxyl groups is 1. The van der Waals surface area contributed by atoms with Crippen molar-refractivity contribution in [2.24, 2.45) is 0 Å². The minimum Gasteiger partial charge on any atom is -0.387 e. The van der Waals surface area contributed by atoms with Gasteiger partial charge in [-0.05, 0) is 32.0 Å². The summed E-state index contributed by atoms with van der Waals surface area (Å²) < 4.78 is 1.75. The minimum absolute atomic E-state index is 0.0583. The van der Waals surface area contributed by atoms with E-state index in [1.54, 1.807) is 35.1 Å². The van der Waals surface area contributed by atoms with E-state index in [1.165, 1.54) is 0 Å². The molecule has 3 N–H and O–H groups in total. The molecule has 0 bridgehead atoms. The summed E-state index contributed by atoms with van der Waals surface area (Å²) in [6.07, 6.45) is 2.72. The summed E-state index contributed by atoms with van der Waals surface area (Å²) in [4.78, 5) is 12.2. The number of halogens is 1. The average molecular weight is 350 g/mol. The number of rotatable bonds is 5. The van der Waals surface area contributed by atoms with Gasteiger partial charge in [-0.25, -0.2) is 4.68 Å². The first kappa shape index (κ1) is 16.9. The Labute approximate surface area is 145 Å². The third-order valence-corrected chi connectivity index (χ3v) is 4.49. The Morgan fingerprint density at radius 3 is 2.92 bits per heavy atom. The van der Waals surface area contributed by atoms with Crippen molar-refractivity contribution < 1.29 is 9.90 Å². The van der Waals surface area contributed by atoms with Crippen LogP contribution in [-0.4, -0.2) is 45.6 Å². The quantitative estimate of drug-likeness (QED) is 0.757. The van der Waals surface area contributed by atoms with Gasteiger partial charge in [0.2, 0.25) is 0 Å². The summed E-state index contributed by atoms with van der Waals surface area (Å²) in [5, 5.41) is 24.6. The van der Waals surface area contributed by atoms with Gasteiger partial charge in [0.25, 0.3) is 5.91 Å². The molecule has 1 saturated heterocycles. The smallest absolute Gasteiger partial charge is 0.273 e. The second-order valence-electron chi connectivity index (χ2n) is 5.81. The predicted octanol–water partition coefficient (Wildman–Crippen LogP) is 1.32. The van der Waals surface area contributed by atoms with Crippen molar-refractivity contribution in [1.29, 1.82) is 0 Å². The first-order valence-corrected chi connectivity index (χ1v) is 8.36. The van der Waals surface area contributed by atoms with Crippen LogP contribution in [0.25, 0.3) is 0 Å². The van der Waals surface area contributed by atoms with Crippen LogP contribution in [0.15, 0.2) is 30.5 Å². The van der Waals surface area contributed by atoms with Gasteiger partial charge in [-0.3, -0.25) is 4.79 Å². The number of benzene rings is 1. The summed E-state index contributed by atoms with van der Waals surface area (Å²) in [6, 6.07) is 7.28. The van der Waals surface area contributed by atoms with E-state index in [4.69, 9.17) is 11.6 Å². The van der Waals surface area contributed by atoms with Crippen LogP contribution in [0.5, 0.6) is 0 Å². The highest BCUT2D eigenvalue weighted by molar-refractivity contribution is 6.31. The van der Waals surface area contributed by atoms with Gasteiger partial charge in [0, 0.05) is 17.1 Å². The van der Waals surface area contributed by atoms with Gasteiger partial charge in [-0.1, -0.05) is 35.0 Å². The molecular formula is C16H20ClN5O2. The number of piperidine rings is 1. The van der Waals surface area contributed by atoms with Gasteiger partial charge in [0.05, 0.1) is 18.3 Å². The van der Waals surface area contributed by atoms with E-state index in [2.05, 4.69) is 20.9 Å². The highest BCUT2D eigenvalue weighted by atomic mass is 35.5. The molecule has 24 heavy (non-hydrogen) atoms. The number of nitrogens with zero attached hydrogens (tertiary/aromatic N) is 3. The number of aliphatic hydroxyl groups excluding tert-OH is 1. The van der Waals surface area contributed by atoms with Crippen LogP contribution in [0.3, 0.4) is 0 Å². The van der Waals surface area contributed by atoms with Crippen molar-refractivity contribution in [1.82, 2.24) is 25.6 Å². The molecule has 0 radical (unpaired) electrons. The molecule has 1 aromatic heterocycles. The SMILES string of the molecule is O=C(NC[C@H](O)c1ccccc1Cl)c1cn(C2CCNCC2)nn1. The topological polar surface area (TPSA) is 92.1 Å². The predicted molar refractivity (Wildman–Crippen MR) is 89.9 cm³/mol. The lowest BCUT2D eigenvalue weighted by molar-refractivity contribution is 0.0911. The molecule has 1 aliphatic rings. The molecule has 2 heterocycles. The number of hydrogen-bond donors (Lipinski definition) is 3. The molecule has 0 spiro atoms. The van der Waals surface area contributed by atoms with Gasteiger partial charge in [0.1, 0.15) is 0 Å². The van der Waals surface area contributed by atoms with Crippen LogP contribution >= 0.6 is 11.6 Å². The number of nitrogens with one attached hydrogen (secondary N) is 2. The fourth-order valence-electron chi connectivity index (χ4n) is 2.77. The van der Waals surface area contributed by atoms with Crippen LogP contribution in [-0.2, 0) is 0 Å². The molecule has 7 nitrogen and oxygen atoms in total. The van der Waals surface area contributed by atoms with Crippen LogP contribution in [0.4, 0.5) is 0 Å². The van der Waals surface area contributed by atoms with E-state index in [1.807, 2.05) is 0 Å². The largest absolute Gasteiger partial charge is 0.387 e. The van der Waals surface area contributed by atoms with Crippen LogP contribution in [0.1, 0.15) is 41.0 Å². The van der Waals surface area contributed by atoms with E-state index >= 15 is 0 Å². The summed E-state index contributed by atoms with van der Waals surface area (Å²) in [7, 11) is 0. The monoisotopic (exact) mass is 349 g/mol. The van der Waals surface area contributed by atoms with E-state index < -0.39 is 6.10 Å². The second kappa shape index (κ2) is 7.74. The van der Waals surface area contributed by atoms with Crippen molar-refractivity contribution in [3.63, 3.8) is 0 Å². The molecule has 1 amide bonds.